The summed E-state index contributed by atoms with van der Waals surface area (Å²) in [5.41, 5.74) is 0.609. The highest BCUT2D eigenvalue weighted by Crippen LogP contribution is 2.41. The number of piperidine rings is 1. The Bertz CT molecular complexity index is 873. The second-order valence-corrected chi connectivity index (χ2v) is 8.78. The topological polar surface area (TPSA) is 69.5 Å². The van der Waals surface area contributed by atoms with Gasteiger partial charge in [0.25, 0.3) is 0 Å². The molecule has 7 nitrogen and oxygen atoms in total. The molecule has 156 valence electrons. The molecule has 0 spiro atoms. The van der Waals surface area contributed by atoms with Crippen LogP contribution >= 0.6 is 11.8 Å². The lowest BCUT2D eigenvalue weighted by atomic mass is 10.00. The van der Waals surface area contributed by atoms with Crippen LogP contribution < -0.4 is 14.4 Å². The lowest BCUT2D eigenvalue weighted by Gasteiger charge is -2.31. The zero-order chi connectivity index (χ0) is 20.4. The highest BCUT2D eigenvalue weighted by Gasteiger charge is 2.32. The van der Waals surface area contributed by atoms with Gasteiger partial charge in [-0.15, -0.1) is 10.2 Å². The van der Waals surface area contributed by atoms with Crippen LogP contribution in [0, 0.1) is 5.92 Å². The van der Waals surface area contributed by atoms with E-state index in [2.05, 4.69) is 26.6 Å². The summed E-state index contributed by atoms with van der Waals surface area (Å²) < 4.78 is 12.8. The monoisotopic (exact) mass is 416 g/mol. The third-order valence-corrected chi connectivity index (χ3v) is 6.61. The number of Topliss-reactive ketones (excluding diaryl/α,β-unsaturated/α-hetero) is 1. The van der Waals surface area contributed by atoms with Gasteiger partial charge in [-0.25, -0.2) is 0 Å². The quantitative estimate of drug-likeness (QED) is 0.478. The third-order valence-electron chi connectivity index (χ3n) is 5.66. The number of rotatable bonds is 8. The Morgan fingerprint density at radius 2 is 1.83 bits per heavy atom. The Balaban J connectivity index is 1.46. The summed E-state index contributed by atoms with van der Waals surface area (Å²) in [5.74, 6) is 3.28. The van der Waals surface area contributed by atoms with Crippen molar-refractivity contribution in [3.63, 3.8) is 0 Å². The molecule has 2 fully saturated rings. The minimum atomic E-state index is 0.0367. The van der Waals surface area contributed by atoms with Gasteiger partial charge in [-0.05, 0) is 49.8 Å². The Morgan fingerprint density at radius 3 is 2.48 bits per heavy atom. The molecule has 1 saturated heterocycles. The van der Waals surface area contributed by atoms with Crippen LogP contribution in [0.4, 0.5) is 5.95 Å². The van der Waals surface area contributed by atoms with E-state index < -0.39 is 0 Å². The van der Waals surface area contributed by atoms with Gasteiger partial charge >= 0.3 is 0 Å². The molecular weight excluding hydrogens is 388 g/mol. The van der Waals surface area contributed by atoms with Crippen molar-refractivity contribution >= 4 is 23.5 Å². The van der Waals surface area contributed by atoms with Crippen molar-refractivity contribution in [1.82, 2.24) is 14.8 Å². The van der Waals surface area contributed by atoms with Crippen molar-refractivity contribution in [2.24, 2.45) is 5.92 Å². The van der Waals surface area contributed by atoms with Crippen LogP contribution in [0.5, 0.6) is 11.5 Å². The molecule has 1 aliphatic carbocycles. The molecule has 0 radical (unpaired) electrons. The van der Waals surface area contributed by atoms with Gasteiger partial charge < -0.3 is 14.4 Å². The van der Waals surface area contributed by atoms with Crippen LogP contribution in [-0.2, 0) is 0 Å². The van der Waals surface area contributed by atoms with E-state index in [0.717, 1.165) is 43.0 Å². The fourth-order valence-corrected chi connectivity index (χ4v) is 4.56. The summed E-state index contributed by atoms with van der Waals surface area (Å²) in [6.07, 6.45) is 4.70. The van der Waals surface area contributed by atoms with Gasteiger partial charge in [0.05, 0.1) is 20.0 Å². The summed E-state index contributed by atoms with van der Waals surface area (Å²) in [5, 5.41) is 9.78. The first-order valence-electron chi connectivity index (χ1n) is 10.2. The number of ether oxygens (including phenoxy) is 2. The number of methoxy groups -OCH3 is 2. The maximum atomic E-state index is 12.7. The number of anilines is 1. The zero-order valence-corrected chi connectivity index (χ0v) is 18.1. The van der Waals surface area contributed by atoms with Crippen molar-refractivity contribution in [2.45, 2.75) is 43.8 Å². The molecule has 1 aromatic heterocycles. The van der Waals surface area contributed by atoms with E-state index in [-0.39, 0.29) is 5.78 Å². The lowest BCUT2D eigenvalue weighted by molar-refractivity contribution is 0.102. The Hall–Kier alpha value is -2.22. The van der Waals surface area contributed by atoms with Crippen LogP contribution in [0.15, 0.2) is 23.4 Å². The van der Waals surface area contributed by atoms with E-state index in [1.165, 1.54) is 24.6 Å². The molecule has 1 aliphatic heterocycles. The largest absolute Gasteiger partial charge is 0.493 e. The summed E-state index contributed by atoms with van der Waals surface area (Å²) in [7, 11) is 3.16. The molecule has 0 unspecified atom stereocenters. The number of hydrogen-bond acceptors (Lipinski definition) is 7. The molecule has 0 atom stereocenters. The first-order chi connectivity index (χ1) is 14.1. The lowest BCUT2D eigenvalue weighted by Crippen LogP contribution is -2.34. The van der Waals surface area contributed by atoms with Crippen molar-refractivity contribution < 1.29 is 14.3 Å². The molecule has 29 heavy (non-hydrogen) atoms. The SMILES string of the molecule is COc1ccc(C(=O)CSc2nnc(N3CCC(C)CC3)n2C2CC2)cc1OC. The minimum Gasteiger partial charge on any atom is -0.493 e. The van der Waals surface area contributed by atoms with Crippen LogP contribution in [-0.4, -0.2) is 53.6 Å². The van der Waals surface area contributed by atoms with Gasteiger partial charge in [-0.2, -0.15) is 0 Å². The van der Waals surface area contributed by atoms with Crippen LogP contribution in [0.3, 0.4) is 0 Å². The number of hydrogen-bond donors (Lipinski definition) is 0. The zero-order valence-electron chi connectivity index (χ0n) is 17.3. The number of carbonyl (C=O) groups is 1. The van der Waals surface area contributed by atoms with Gasteiger partial charge in [-0.3, -0.25) is 9.36 Å². The summed E-state index contributed by atoms with van der Waals surface area (Å²) >= 11 is 1.47. The smallest absolute Gasteiger partial charge is 0.228 e. The highest BCUT2D eigenvalue weighted by molar-refractivity contribution is 7.99. The molecule has 0 bridgehead atoms. The first kappa shape index (κ1) is 20.1. The molecule has 8 heteroatoms. The second-order valence-electron chi connectivity index (χ2n) is 7.83. The normalized spacial score (nSPS) is 17.4. The fourth-order valence-electron chi connectivity index (χ4n) is 3.67. The average molecular weight is 417 g/mol. The van der Waals surface area contributed by atoms with Crippen LogP contribution in [0.25, 0.3) is 0 Å². The summed E-state index contributed by atoms with van der Waals surface area (Å²) in [6.45, 7) is 4.37. The number of carbonyl (C=O) groups excluding carboxylic acids is 1. The standard InChI is InChI=1S/C21H28N4O3S/c1-14-8-10-24(11-9-14)20-22-23-21(25(20)16-5-6-16)29-13-17(26)15-4-7-18(27-2)19(12-15)28-3/h4,7,12,14,16H,5-6,8-11,13H2,1-3H3. The first-order valence-corrected chi connectivity index (χ1v) is 11.2. The highest BCUT2D eigenvalue weighted by atomic mass is 32.2. The second kappa shape index (κ2) is 8.65. The third kappa shape index (κ3) is 4.37. The molecule has 2 aliphatic rings. The van der Waals surface area contributed by atoms with E-state index in [1.807, 2.05) is 0 Å². The van der Waals surface area contributed by atoms with Gasteiger partial charge in [-0.1, -0.05) is 18.7 Å². The van der Waals surface area contributed by atoms with Gasteiger partial charge in [0.1, 0.15) is 0 Å². The summed E-state index contributed by atoms with van der Waals surface area (Å²) in [4.78, 5) is 15.1. The molecule has 0 amide bonds. The Kier molecular flexibility index (Phi) is 5.99. The van der Waals surface area contributed by atoms with Gasteiger partial charge in [0.2, 0.25) is 5.95 Å². The Morgan fingerprint density at radius 1 is 1.10 bits per heavy atom. The number of thioether (sulfide) groups is 1. The fraction of sp³-hybridized carbons (Fsp3) is 0.571. The van der Waals surface area contributed by atoms with Crippen molar-refractivity contribution in [3.8, 4) is 11.5 Å². The number of ketones is 1. The number of nitrogens with zero attached hydrogens (tertiary/aromatic N) is 4. The summed E-state index contributed by atoms with van der Waals surface area (Å²) in [6, 6.07) is 5.74. The minimum absolute atomic E-state index is 0.0367. The maximum absolute atomic E-state index is 12.7. The van der Waals surface area contributed by atoms with Crippen molar-refractivity contribution in [1.29, 1.82) is 0 Å². The van der Waals surface area contributed by atoms with E-state index in [0.29, 0.717) is 28.9 Å². The van der Waals surface area contributed by atoms with Crippen LogP contribution in [0.2, 0.25) is 0 Å². The van der Waals surface area contributed by atoms with E-state index in [4.69, 9.17) is 9.47 Å². The predicted molar refractivity (Wildman–Crippen MR) is 114 cm³/mol. The Labute approximate surface area is 175 Å². The molecule has 2 heterocycles. The average Bonchev–Trinajstić information content (AvgIpc) is 3.51. The molecule has 1 saturated carbocycles. The molecule has 1 aromatic carbocycles. The molecule has 0 N–H and O–H groups in total. The molecular formula is C21H28N4O3S. The van der Waals surface area contributed by atoms with E-state index >= 15 is 0 Å². The van der Waals surface area contributed by atoms with Crippen molar-refractivity contribution in [2.75, 3.05) is 38.0 Å². The van der Waals surface area contributed by atoms with Gasteiger partial charge in [0, 0.05) is 24.7 Å². The number of aromatic nitrogens is 3. The maximum Gasteiger partial charge on any atom is 0.228 e. The van der Waals surface area contributed by atoms with Crippen LogP contribution in [0.1, 0.15) is 49.0 Å². The number of benzene rings is 1. The van der Waals surface area contributed by atoms with E-state index in [1.54, 1.807) is 32.4 Å². The van der Waals surface area contributed by atoms with Crippen molar-refractivity contribution in [3.05, 3.63) is 23.8 Å². The molecule has 4 rings (SSSR count). The van der Waals surface area contributed by atoms with Gasteiger partial charge in [0.15, 0.2) is 22.4 Å². The predicted octanol–water partition coefficient (Wildman–Crippen LogP) is 3.84. The van der Waals surface area contributed by atoms with E-state index in [9.17, 15) is 4.79 Å². The molecule has 2 aromatic rings.